The second-order valence-corrected chi connectivity index (χ2v) is 5.38. The van der Waals surface area contributed by atoms with Crippen LogP contribution in [0.2, 0.25) is 5.02 Å². The van der Waals surface area contributed by atoms with E-state index in [1.54, 1.807) is 0 Å². The third kappa shape index (κ3) is 5.43. The van der Waals surface area contributed by atoms with Gasteiger partial charge in [0.05, 0.1) is 10.6 Å². The summed E-state index contributed by atoms with van der Waals surface area (Å²) in [6.45, 7) is -0.405. The number of rotatable bonds is 6. The molecule has 0 aliphatic carbocycles. The van der Waals surface area contributed by atoms with Crippen molar-refractivity contribution < 1.29 is 31.8 Å². The summed E-state index contributed by atoms with van der Waals surface area (Å²) in [5, 5.41) is 12.1. The number of pyridine rings is 1. The second-order valence-electron chi connectivity index (χ2n) is 4.97. The number of nitrogens with one attached hydrogen (secondary N) is 1. The Balaban J connectivity index is 1.87. The third-order valence-electron chi connectivity index (χ3n) is 3.01. The van der Waals surface area contributed by atoms with Crippen LogP contribution in [-0.2, 0) is 6.18 Å². The van der Waals surface area contributed by atoms with Crippen LogP contribution in [0.3, 0.4) is 0 Å². The minimum absolute atomic E-state index is 0.0173. The van der Waals surface area contributed by atoms with Gasteiger partial charge in [-0.25, -0.2) is 13.8 Å². The summed E-state index contributed by atoms with van der Waals surface area (Å²) >= 11 is 5.71. The smallest absolute Gasteiger partial charge is 0.417 e. The van der Waals surface area contributed by atoms with Crippen molar-refractivity contribution in [3.8, 4) is 5.75 Å². The van der Waals surface area contributed by atoms with Gasteiger partial charge in [0.15, 0.2) is 11.6 Å². The largest absolute Gasteiger partial charge is 0.491 e. The van der Waals surface area contributed by atoms with Crippen LogP contribution in [-0.4, -0.2) is 29.3 Å². The molecule has 0 bridgehead atoms. The van der Waals surface area contributed by atoms with Crippen LogP contribution in [0.1, 0.15) is 5.56 Å². The molecule has 1 heterocycles. The molecule has 0 amide bonds. The highest BCUT2D eigenvalue weighted by Crippen LogP contribution is 2.32. The molecule has 25 heavy (non-hydrogen) atoms. The van der Waals surface area contributed by atoms with Gasteiger partial charge in [-0.3, -0.25) is 0 Å². The van der Waals surface area contributed by atoms with Gasteiger partial charge in [0.25, 0.3) is 0 Å². The Morgan fingerprint density at radius 2 is 1.92 bits per heavy atom. The molecule has 2 aromatic rings. The van der Waals surface area contributed by atoms with E-state index in [0.29, 0.717) is 12.3 Å². The predicted octanol–water partition coefficient (Wildman–Crippen LogP) is 3.88. The number of aromatic nitrogens is 1. The summed E-state index contributed by atoms with van der Waals surface area (Å²) in [6.07, 6.45) is -5.06. The zero-order valence-electron chi connectivity index (χ0n) is 12.4. The number of benzene rings is 1. The number of halogens is 6. The first kappa shape index (κ1) is 19.2. The molecule has 0 fully saturated rings. The first-order chi connectivity index (χ1) is 11.7. The number of aliphatic hydroxyl groups excluding tert-OH is 1. The zero-order valence-corrected chi connectivity index (χ0v) is 13.2. The molecule has 136 valence electrons. The summed E-state index contributed by atoms with van der Waals surface area (Å²) in [5.41, 5.74) is -0.995. The molecule has 0 saturated carbocycles. The summed E-state index contributed by atoms with van der Waals surface area (Å²) in [7, 11) is 0. The molecule has 0 radical (unpaired) electrons. The van der Waals surface area contributed by atoms with Gasteiger partial charge in [0, 0.05) is 18.8 Å². The predicted molar refractivity (Wildman–Crippen MR) is 80.6 cm³/mol. The maximum absolute atomic E-state index is 13.0. The van der Waals surface area contributed by atoms with Gasteiger partial charge < -0.3 is 15.2 Å². The van der Waals surface area contributed by atoms with Crippen LogP contribution >= 0.6 is 11.6 Å². The van der Waals surface area contributed by atoms with E-state index in [1.165, 1.54) is 6.07 Å². The maximum atomic E-state index is 13.0. The number of hydrogen-bond acceptors (Lipinski definition) is 4. The molecule has 4 nitrogen and oxygen atoms in total. The van der Waals surface area contributed by atoms with Crippen LogP contribution in [0.4, 0.5) is 27.8 Å². The fourth-order valence-electron chi connectivity index (χ4n) is 1.76. The fourth-order valence-corrected chi connectivity index (χ4v) is 1.99. The molecule has 1 aromatic carbocycles. The fraction of sp³-hybridized carbons (Fsp3) is 0.267. The number of alkyl halides is 3. The summed E-state index contributed by atoms with van der Waals surface area (Å²) < 4.78 is 68.4. The van der Waals surface area contributed by atoms with Crippen molar-refractivity contribution in [3.63, 3.8) is 0 Å². The van der Waals surface area contributed by atoms with Crippen molar-refractivity contribution in [2.75, 3.05) is 18.5 Å². The third-order valence-corrected chi connectivity index (χ3v) is 3.30. The first-order valence-electron chi connectivity index (χ1n) is 6.89. The molecule has 0 saturated heterocycles. The number of anilines is 1. The van der Waals surface area contributed by atoms with Crippen molar-refractivity contribution in [3.05, 3.63) is 52.7 Å². The molecule has 0 aliphatic heterocycles. The highest BCUT2D eigenvalue weighted by Gasteiger charge is 2.31. The van der Waals surface area contributed by atoms with E-state index in [9.17, 15) is 27.1 Å². The molecule has 2 N–H and O–H groups in total. The highest BCUT2D eigenvalue weighted by molar-refractivity contribution is 6.32. The van der Waals surface area contributed by atoms with Crippen LogP contribution < -0.4 is 10.1 Å². The normalized spacial score (nSPS) is 12.8. The van der Waals surface area contributed by atoms with E-state index >= 15 is 0 Å². The molecule has 1 aromatic heterocycles. The molecule has 2 rings (SSSR count). The van der Waals surface area contributed by atoms with Crippen LogP contribution in [0.5, 0.6) is 5.75 Å². The van der Waals surface area contributed by atoms with E-state index in [1.807, 2.05) is 0 Å². The van der Waals surface area contributed by atoms with E-state index in [4.69, 9.17) is 16.3 Å². The lowest BCUT2D eigenvalue weighted by atomic mass is 10.2. The van der Waals surface area contributed by atoms with Gasteiger partial charge >= 0.3 is 6.18 Å². The Morgan fingerprint density at radius 3 is 2.52 bits per heavy atom. The Morgan fingerprint density at radius 1 is 1.20 bits per heavy atom. The van der Waals surface area contributed by atoms with E-state index < -0.39 is 29.5 Å². The molecular formula is C15H12ClF5N2O2. The van der Waals surface area contributed by atoms with Crippen LogP contribution in [0, 0.1) is 11.6 Å². The molecule has 1 atom stereocenters. The molecule has 0 aliphatic rings. The van der Waals surface area contributed by atoms with Gasteiger partial charge in [-0.2, -0.15) is 13.2 Å². The number of nitrogens with zero attached hydrogens (tertiary/aromatic N) is 1. The van der Waals surface area contributed by atoms with E-state index in [2.05, 4.69) is 10.3 Å². The minimum Gasteiger partial charge on any atom is -0.491 e. The summed E-state index contributed by atoms with van der Waals surface area (Å²) in [6, 6.07) is 3.60. The standard InChI is InChI=1S/C15H12ClF5N2O2/c16-11-3-8(15(19,20)21)5-22-14(11)23-6-9(24)7-25-10-1-2-12(17)13(18)4-10/h1-5,9,24H,6-7H2,(H,22,23). The van der Waals surface area contributed by atoms with Crippen molar-refractivity contribution in [1.29, 1.82) is 0 Å². The van der Waals surface area contributed by atoms with Gasteiger partial charge in [-0.05, 0) is 18.2 Å². The average Bonchev–Trinajstić information content (AvgIpc) is 2.54. The molecule has 0 spiro atoms. The number of aliphatic hydroxyl groups is 1. The van der Waals surface area contributed by atoms with Gasteiger partial charge in [0.2, 0.25) is 0 Å². The van der Waals surface area contributed by atoms with Gasteiger partial charge in [-0.15, -0.1) is 0 Å². The van der Waals surface area contributed by atoms with Gasteiger partial charge in [0.1, 0.15) is 24.3 Å². The van der Waals surface area contributed by atoms with Crippen molar-refractivity contribution in [2.45, 2.75) is 12.3 Å². The van der Waals surface area contributed by atoms with Crippen molar-refractivity contribution in [1.82, 2.24) is 4.98 Å². The monoisotopic (exact) mass is 382 g/mol. The number of ether oxygens (including phenoxy) is 1. The molecular weight excluding hydrogens is 371 g/mol. The average molecular weight is 383 g/mol. The maximum Gasteiger partial charge on any atom is 0.417 e. The Labute approximate surface area is 144 Å². The highest BCUT2D eigenvalue weighted by atomic mass is 35.5. The lowest BCUT2D eigenvalue weighted by Gasteiger charge is -2.15. The van der Waals surface area contributed by atoms with Crippen LogP contribution in [0.15, 0.2) is 30.5 Å². The van der Waals surface area contributed by atoms with E-state index in [0.717, 1.165) is 12.1 Å². The molecule has 1 unspecified atom stereocenters. The topological polar surface area (TPSA) is 54.4 Å². The van der Waals surface area contributed by atoms with Crippen LogP contribution in [0.25, 0.3) is 0 Å². The second kappa shape index (κ2) is 7.83. The number of hydrogen-bond donors (Lipinski definition) is 2. The van der Waals surface area contributed by atoms with Gasteiger partial charge in [-0.1, -0.05) is 11.6 Å². The minimum atomic E-state index is -4.56. The Kier molecular flexibility index (Phi) is 6.02. The first-order valence-corrected chi connectivity index (χ1v) is 7.27. The quantitative estimate of drug-likeness (QED) is 0.744. The zero-order chi connectivity index (χ0) is 18.6. The van der Waals surface area contributed by atoms with E-state index in [-0.39, 0.29) is 29.7 Å². The lowest BCUT2D eigenvalue weighted by molar-refractivity contribution is -0.137. The SMILES string of the molecule is OC(CNc1ncc(C(F)(F)F)cc1Cl)COc1ccc(F)c(F)c1. The molecule has 10 heteroatoms. The lowest BCUT2D eigenvalue weighted by Crippen LogP contribution is -2.26. The van der Waals surface area contributed by atoms with Crippen molar-refractivity contribution in [2.24, 2.45) is 0 Å². The van der Waals surface area contributed by atoms with Crippen molar-refractivity contribution >= 4 is 17.4 Å². The Hall–Kier alpha value is -2.13. The summed E-state index contributed by atoms with van der Waals surface area (Å²) in [5.74, 6) is -2.14. The summed E-state index contributed by atoms with van der Waals surface area (Å²) in [4.78, 5) is 3.55. The Bertz CT molecular complexity index is 742.